The Balaban J connectivity index is 2.38. The van der Waals surface area contributed by atoms with Crippen LogP contribution in [0.15, 0.2) is 0 Å². The number of rotatable bonds is 2. The lowest BCUT2D eigenvalue weighted by Crippen LogP contribution is -2.54. The molecule has 0 heterocycles. The first kappa shape index (κ1) is 10.4. The van der Waals surface area contributed by atoms with Gasteiger partial charge in [-0.15, -0.1) is 0 Å². The third kappa shape index (κ3) is 0.938. The molecule has 0 aromatic heterocycles. The Bertz CT molecular complexity index is 242. The summed E-state index contributed by atoms with van der Waals surface area (Å²) in [4.78, 5) is 0. The number of hydrogen-bond acceptors (Lipinski definition) is 2. The molecule has 2 aliphatic rings. The number of hydrogen-bond donors (Lipinski definition) is 2. The maximum Gasteiger partial charge on any atom is 0.0776 e. The summed E-state index contributed by atoms with van der Waals surface area (Å²) in [5, 5.41) is 19.9. The van der Waals surface area contributed by atoms with Gasteiger partial charge in [-0.1, -0.05) is 20.8 Å². The summed E-state index contributed by atoms with van der Waals surface area (Å²) in [6.45, 7) is 6.62. The minimum atomic E-state index is -0.655. The van der Waals surface area contributed by atoms with Crippen molar-refractivity contribution >= 4 is 0 Å². The highest BCUT2D eigenvalue weighted by Gasteiger charge is 2.67. The van der Waals surface area contributed by atoms with Gasteiger partial charge in [-0.3, -0.25) is 0 Å². The molecule has 0 radical (unpaired) electrons. The molecular formula is C12H22O2. The van der Waals surface area contributed by atoms with Gasteiger partial charge < -0.3 is 10.2 Å². The van der Waals surface area contributed by atoms with Gasteiger partial charge in [0.05, 0.1) is 5.60 Å². The van der Waals surface area contributed by atoms with Crippen molar-refractivity contribution in [3.05, 3.63) is 0 Å². The van der Waals surface area contributed by atoms with Crippen molar-refractivity contribution in [1.82, 2.24) is 0 Å². The topological polar surface area (TPSA) is 40.5 Å². The molecule has 0 aromatic carbocycles. The van der Waals surface area contributed by atoms with Crippen LogP contribution in [0.4, 0.5) is 0 Å². The summed E-state index contributed by atoms with van der Waals surface area (Å²) in [5.74, 6) is 0.643. The molecule has 2 aliphatic carbocycles. The molecule has 2 N–H and O–H groups in total. The van der Waals surface area contributed by atoms with E-state index < -0.39 is 5.60 Å². The Labute approximate surface area is 86.3 Å². The van der Waals surface area contributed by atoms with Gasteiger partial charge in [0, 0.05) is 13.0 Å². The second kappa shape index (κ2) is 2.73. The van der Waals surface area contributed by atoms with E-state index in [1.54, 1.807) is 0 Å². The van der Waals surface area contributed by atoms with E-state index in [0.717, 1.165) is 12.8 Å². The highest BCUT2D eigenvalue weighted by Crippen LogP contribution is 2.68. The Morgan fingerprint density at radius 3 is 2.36 bits per heavy atom. The fourth-order valence-corrected chi connectivity index (χ4v) is 4.13. The average Bonchev–Trinajstić information content (AvgIpc) is 2.53. The molecule has 0 aliphatic heterocycles. The Morgan fingerprint density at radius 2 is 1.93 bits per heavy atom. The average molecular weight is 198 g/mol. The van der Waals surface area contributed by atoms with Crippen LogP contribution >= 0.6 is 0 Å². The Morgan fingerprint density at radius 1 is 1.29 bits per heavy atom. The maximum absolute atomic E-state index is 10.8. The lowest BCUT2D eigenvalue weighted by molar-refractivity contribution is -0.153. The van der Waals surface area contributed by atoms with Crippen molar-refractivity contribution < 1.29 is 10.2 Å². The van der Waals surface area contributed by atoms with Crippen molar-refractivity contribution in [2.24, 2.45) is 16.7 Å². The van der Waals surface area contributed by atoms with Crippen molar-refractivity contribution in [3.8, 4) is 0 Å². The van der Waals surface area contributed by atoms with Gasteiger partial charge in [-0.2, -0.15) is 0 Å². The van der Waals surface area contributed by atoms with E-state index in [0.29, 0.717) is 12.3 Å². The van der Waals surface area contributed by atoms with E-state index in [1.807, 2.05) is 0 Å². The van der Waals surface area contributed by atoms with Crippen LogP contribution in [0.3, 0.4) is 0 Å². The van der Waals surface area contributed by atoms with Crippen LogP contribution in [-0.2, 0) is 0 Å². The molecule has 0 unspecified atom stereocenters. The summed E-state index contributed by atoms with van der Waals surface area (Å²) >= 11 is 0. The number of fused-ring (bicyclic) bond motifs is 2. The summed E-state index contributed by atoms with van der Waals surface area (Å²) in [6, 6.07) is 0. The van der Waals surface area contributed by atoms with E-state index in [-0.39, 0.29) is 17.4 Å². The highest BCUT2D eigenvalue weighted by atomic mass is 16.3. The largest absolute Gasteiger partial charge is 0.396 e. The summed E-state index contributed by atoms with van der Waals surface area (Å²) in [6.07, 6.45) is 4.04. The normalized spacial score (nSPS) is 49.9. The molecule has 0 aromatic rings. The van der Waals surface area contributed by atoms with Crippen LogP contribution in [-0.4, -0.2) is 22.4 Å². The first-order chi connectivity index (χ1) is 6.37. The smallest absolute Gasteiger partial charge is 0.0776 e. The van der Waals surface area contributed by atoms with E-state index in [9.17, 15) is 5.11 Å². The number of aliphatic hydroxyl groups is 2. The Hall–Kier alpha value is -0.0800. The van der Waals surface area contributed by atoms with Gasteiger partial charge in [-0.05, 0) is 36.0 Å². The molecule has 3 atom stereocenters. The molecule has 14 heavy (non-hydrogen) atoms. The molecular weight excluding hydrogens is 176 g/mol. The predicted octanol–water partition coefficient (Wildman–Crippen LogP) is 1.95. The minimum absolute atomic E-state index is 0.0251. The molecule has 2 rings (SSSR count). The predicted molar refractivity (Wildman–Crippen MR) is 55.9 cm³/mol. The van der Waals surface area contributed by atoms with Crippen molar-refractivity contribution in [2.75, 3.05) is 6.61 Å². The molecule has 82 valence electrons. The van der Waals surface area contributed by atoms with Gasteiger partial charge in [0.25, 0.3) is 0 Å². The van der Waals surface area contributed by atoms with Crippen molar-refractivity contribution in [1.29, 1.82) is 0 Å². The van der Waals surface area contributed by atoms with Gasteiger partial charge in [-0.25, -0.2) is 0 Å². The first-order valence-electron chi connectivity index (χ1n) is 5.71. The molecule has 2 bridgehead atoms. The third-order valence-electron chi connectivity index (χ3n) is 5.30. The van der Waals surface area contributed by atoms with Gasteiger partial charge >= 0.3 is 0 Å². The van der Waals surface area contributed by atoms with E-state index in [1.165, 1.54) is 6.42 Å². The fraction of sp³-hybridized carbons (Fsp3) is 1.00. The quantitative estimate of drug-likeness (QED) is 0.712. The first-order valence-corrected chi connectivity index (χ1v) is 5.71. The maximum atomic E-state index is 10.8. The number of aliphatic hydroxyl groups excluding tert-OH is 1. The van der Waals surface area contributed by atoms with Crippen LogP contribution in [0.2, 0.25) is 0 Å². The SMILES string of the molecule is CC1(C)[C@H]2CC[C@](C)(C2)[C@]1(O)CCO. The minimum Gasteiger partial charge on any atom is -0.396 e. The van der Waals surface area contributed by atoms with Crippen LogP contribution in [0.25, 0.3) is 0 Å². The van der Waals surface area contributed by atoms with Crippen LogP contribution < -0.4 is 0 Å². The second-order valence-corrected chi connectivity index (χ2v) is 6.06. The summed E-state index contributed by atoms with van der Waals surface area (Å²) in [5.41, 5.74) is -0.635. The standard InChI is InChI=1S/C12H22O2/c1-10(2)9-4-5-11(3,8-9)12(10,14)6-7-13/h9,13-14H,4-8H2,1-3H3/t9-,11+,12-/m0/s1. The van der Waals surface area contributed by atoms with E-state index in [4.69, 9.17) is 5.11 Å². The molecule has 0 saturated heterocycles. The molecule has 2 heteroatoms. The van der Waals surface area contributed by atoms with Crippen molar-refractivity contribution in [3.63, 3.8) is 0 Å². The molecule has 0 amide bonds. The molecule has 2 fully saturated rings. The van der Waals surface area contributed by atoms with Gasteiger partial charge in [0.2, 0.25) is 0 Å². The zero-order valence-corrected chi connectivity index (χ0v) is 9.51. The van der Waals surface area contributed by atoms with Gasteiger partial charge in [0.1, 0.15) is 0 Å². The van der Waals surface area contributed by atoms with E-state index in [2.05, 4.69) is 20.8 Å². The monoisotopic (exact) mass is 198 g/mol. The molecule has 0 spiro atoms. The molecule has 2 nitrogen and oxygen atoms in total. The summed E-state index contributed by atoms with van der Waals surface area (Å²) < 4.78 is 0. The fourth-order valence-electron chi connectivity index (χ4n) is 4.13. The van der Waals surface area contributed by atoms with Crippen LogP contribution in [0.1, 0.15) is 46.5 Å². The second-order valence-electron chi connectivity index (χ2n) is 6.06. The third-order valence-corrected chi connectivity index (χ3v) is 5.30. The van der Waals surface area contributed by atoms with Crippen LogP contribution in [0.5, 0.6) is 0 Å². The molecule has 2 saturated carbocycles. The zero-order chi connectivity index (χ0) is 10.6. The Kier molecular flexibility index (Phi) is 2.04. The van der Waals surface area contributed by atoms with Crippen molar-refractivity contribution in [2.45, 2.75) is 52.1 Å². The lowest BCUT2D eigenvalue weighted by Gasteiger charge is -2.50. The lowest BCUT2D eigenvalue weighted by atomic mass is 9.59. The van der Waals surface area contributed by atoms with E-state index >= 15 is 0 Å². The van der Waals surface area contributed by atoms with Crippen LogP contribution in [0, 0.1) is 16.7 Å². The summed E-state index contributed by atoms with van der Waals surface area (Å²) in [7, 11) is 0. The zero-order valence-electron chi connectivity index (χ0n) is 9.51. The van der Waals surface area contributed by atoms with Gasteiger partial charge in [0.15, 0.2) is 0 Å². The highest BCUT2D eigenvalue weighted by molar-refractivity contribution is 5.17.